The highest BCUT2D eigenvalue weighted by Crippen LogP contribution is 2.31. The van der Waals surface area contributed by atoms with E-state index < -0.39 is 16.0 Å². The molecule has 0 atom stereocenters. The van der Waals surface area contributed by atoms with Gasteiger partial charge in [0.25, 0.3) is 0 Å². The van der Waals surface area contributed by atoms with E-state index in [0.717, 1.165) is 12.1 Å². The van der Waals surface area contributed by atoms with Crippen molar-refractivity contribution in [3.05, 3.63) is 22.7 Å². The third kappa shape index (κ3) is 4.32. The Kier molecular flexibility index (Phi) is 5.96. The smallest absolute Gasteiger partial charge is 0.339 e. The van der Waals surface area contributed by atoms with E-state index in [0.29, 0.717) is 6.42 Å². The molecule has 0 fully saturated rings. The van der Waals surface area contributed by atoms with Crippen LogP contribution < -0.4 is 9.46 Å². The van der Waals surface area contributed by atoms with Crippen LogP contribution in [0.5, 0.6) is 5.75 Å². The summed E-state index contributed by atoms with van der Waals surface area (Å²) in [6.07, 6.45) is 0.542. The number of rotatable bonds is 7. The minimum absolute atomic E-state index is 0.0365. The Balaban J connectivity index is 3.22. The predicted octanol–water partition coefficient (Wildman–Crippen LogP) is 1.63. The standard InChI is InChI=1S/C12H13ClN2O5S/c1-20-11-9(12(16)17)6-8(13)7-10(11)21(18,19)15-5-3-2-4-14/h6-7,15H,2-3,5H2,1H3,(H,16,17). The monoisotopic (exact) mass is 332 g/mol. The van der Waals surface area contributed by atoms with Crippen LogP contribution in [-0.4, -0.2) is 33.1 Å². The Bertz CT molecular complexity index is 682. The molecule has 0 saturated heterocycles. The Morgan fingerprint density at radius 1 is 1.52 bits per heavy atom. The lowest BCUT2D eigenvalue weighted by atomic mass is 10.2. The highest BCUT2D eigenvalue weighted by Gasteiger charge is 2.25. The maximum Gasteiger partial charge on any atom is 0.339 e. The second-order valence-corrected chi connectivity index (χ2v) is 6.12. The Hall–Kier alpha value is -1.82. The summed E-state index contributed by atoms with van der Waals surface area (Å²) in [4.78, 5) is 10.8. The van der Waals surface area contributed by atoms with Crippen LogP contribution in [0.1, 0.15) is 23.2 Å². The number of ether oxygens (including phenoxy) is 1. The van der Waals surface area contributed by atoms with E-state index in [9.17, 15) is 13.2 Å². The molecule has 0 heterocycles. The van der Waals surface area contributed by atoms with E-state index in [1.165, 1.54) is 7.11 Å². The van der Waals surface area contributed by atoms with Crippen LogP contribution in [-0.2, 0) is 10.0 Å². The summed E-state index contributed by atoms with van der Waals surface area (Å²) in [5.74, 6) is -1.64. The van der Waals surface area contributed by atoms with Gasteiger partial charge in [-0.15, -0.1) is 0 Å². The molecule has 0 aromatic heterocycles. The Labute approximate surface area is 127 Å². The normalized spacial score (nSPS) is 10.9. The Morgan fingerprint density at radius 3 is 2.71 bits per heavy atom. The second kappa shape index (κ2) is 7.26. The van der Waals surface area contributed by atoms with Crippen LogP contribution in [0, 0.1) is 11.3 Å². The summed E-state index contributed by atoms with van der Waals surface area (Å²) in [6, 6.07) is 4.11. The van der Waals surface area contributed by atoms with E-state index in [-0.39, 0.29) is 34.2 Å². The number of sulfonamides is 1. The number of unbranched alkanes of at least 4 members (excludes halogenated alkanes) is 1. The zero-order valence-corrected chi connectivity index (χ0v) is 12.7. The van der Waals surface area contributed by atoms with Gasteiger partial charge in [0.2, 0.25) is 10.0 Å². The fraction of sp³-hybridized carbons (Fsp3) is 0.333. The topological polar surface area (TPSA) is 116 Å². The average Bonchev–Trinajstić information content (AvgIpc) is 2.42. The molecule has 0 unspecified atom stereocenters. The summed E-state index contributed by atoms with van der Waals surface area (Å²) >= 11 is 5.76. The molecule has 1 aromatic rings. The van der Waals surface area contributed by atoms with Gasteiger partial charge < -0.3 is 9.84 Å². The number of nitriles is 1. The van der Waals surface area contributed by atoms with Crippen molar-refractivity contribution in [1.82, 2.24) is 4.72 Å². The number of hydrogen-bond acceptors (Lipinski definition) is 5. The zero-order chi connectivity index (χ0) is 16.0. The van der Waals surface area contributed by atoms with Crippen molar-refractivity contribution in [2.45, 2.75) is 17.7 Å². The molecule has 2 N–H and O–H groups in total. The summed E-state index contributed by atoms with van der Waals surface area (Å²) in [5.41, 5.74) is -0.345. The van der Waals surface area contributed by atoms with Crippen LogP contribution in [0.4, 0.5) is 0 Å². The quantitative estimate of drug-likeness (QED) is 0.733. The molecule has 7 nitrogen and oxygen atoms in total. The van der Waals surface area contributed by atoms with Crippen LogP contribution in [0.25, 0.3) is 0 Å². The number of nitrogens with one attached hydrogen (secondary N) is 1. The summed E-state index contributed by atoms with van der Waals surface area (Å²) in [7, 11) is -2.82. The van der Waals surface area contributed by atoms with Crippen LogP contribution >= 0.6 is 11.6 Å². The fourth-order valence-corrected chi connectivity index (χ4v) is 3.16. The van der Waals surface area contributed by atoms with Crippen molar-refractivity contribution in [3.63, 3.8) is 0 Å². The molecule has 114 valence electrons. The lowest BCUT2D eigenvalue weighted by Gasteiger charge is -2.13. The van der Waals surface area contributed by atoms with Crippen molar-refractivity contribution >= 4 is 27.6 Å². The van der Waals surface area contributed by atoms with E-state index in [1.54, 1.807) is 0 Å². The first-order chi connectivity index (χ1) is 9.83. The number of methoxy groups -OCH3 is 1. The lowest BCUT2D eigenvalue weighted by molar-refractivity contribution is 0.0693. The number of aromatic carboxylic acids is 1. The van der Waals surface area contributed by atoms with Crippen molar-refractivity contribution in [2.75, 3.05) is 13.7 Å². The van der Waals surface area contributed by atoms with E-state index in [1.807, 2.05) is 6.07 Å². The predicted molar refractivity (Wildman–Crippen MR) is 75.0 cm³/mol. The first-order valence-electron chi connectivity index (χ1n) is 5.81. The van der Waals surface area contributed by atoms with Gasteiger partial charge in [0, 0.05) is 18.0 Å². The number of carboxylic acids is 1. The SMILES string of the molecule is COc1c(C(=O)O)cc(Cl)cc1S(=O)(=O)NCCCC#N. The fourth-order valence-electron chi connectivity index (χ4n) is 1.59. The van der Waals surface area contributed by atoms with Gasteiger partial charge in [0.1, 0.15) is 10.5 Å². The van der Waals surface area contributed by atoms with Gasteiger partial charge in [-0.1, -0.05) is 11.6 Å². The molecule has 0 aliphatic carbocycles. The number of benzene rings is 1. The van der Waals surface area contributed by atoms with E-state index in [4.69, 9.17) is 26.7 Å². The minimum Gasteiger partial charge on any atom is -0.494 e. The molecule has 1 aromatic carbocycles. The second-order valence-electron chi connectivity index (χ2n) is 3.95. The highest BCUT2D eigenvalue weighted by molar-refractivity contribution is 7.89. The number of carboxylic acid groups (broad SMARTS) is 1. The van der Waals surface area contributed by atoms with Gasteiger partial charge >= 0.3 is 5.97 Å². The van der Waals surface area contributed by atoms with Gasteiger partial charge in [-0.3, -0.25) is 0 Å². The maximum atomic E-state index is 12.2. The maximum absolute atomic E-state index is 12.2. The van der Waals surface area contributed by atoms with Gasteiger partial charge in [0.05, 0.1) is 13.2 Å². The van der Waals surface area contributed by atoms with E-state index in [2.05, 4.69) is 4.72 Å². The zero-order valence-electron chi connectivity index (χ0n) is 11.1. The molecule has 0 radical (unpaired) electrons. The molecular formula is C12H13ClN2O5S. The van der Waals surface area contributed by atoms with Gasteiger partial charge in [-0.2, -0.15) is 5.26 Å². The molecule has 21 heavy (non-hydrogen) atoms. The average molecular weight is 333 g/mol. The number of carbonyl (C=O) groups is 1. The van der Waals surface area contributed by atoms with Crippen molar-refractivity contribution in [3.8, 4) is 11.8 Å². The summed E-state index contributed by atoms with van der Waals surface area (Å²) < 4.78 is 31.5. The first kappa shape index (κ1) is 17.2. The van der Waals surface area contributed by atoms with Crippen LogP contribution in [0.3, 0.4) is 0 Å². The molecule has 1 rings (SSSR count). The molecule has 0 amide bonds. The summed E-state index contributed by atoms with van der Waals surface area (Å²) in [6.45, 7) is 0.0496. The van der Waals surface area contributed by atoms with Gasteiger partial charge in [0.15, 0.2) is 5.75 Å². The van der Waals surface area contributed by atoms with Crippen molar-refractivity contribution < 1.29 is 23.1 Å². The van der Waals surface area contributed by atoms with Crippen LogP contribution in [0.15, 0.2) is 17.0 Å². The molecule has 0 saturated carbocycles. The van der Waals surface area contributed by atoms with Crippen molar-refractivity contribution in [1.29, 1.82) is 5.26 Å². The molecule has 9 heteroatoms. The minimum atomic E-state index is -3.99. The van der Waals surface area contributed by atoms with E-state index >= 15 is 0 Å². The first-order valence-corrected chi connectivity index (χ1v) is 7.67. The third-order valence-electron chi connectivity index (χ3n) is 2.50. The number of nitrogens with zero attached hydrogens (tertiary/aromatic N) is 1. The highest BCUT2D eigenvalue weighted by atomic mass is 35.5. The van der Waals surface area contributed by atoms with Crippen molar-refractivity contribution in [2.24, 2.45) is 0 Å². The molecule has 0 aliphatic heterocycles. The number of halogens is 1. The number of hydrogen-bond donors (Lipinski definition) is 2. The van der Waals surface area contributed by atoms with Crippen LogP contribution in [0.2, 0.25) is 5.02 Å². The largest absolute Gasteiger partial charge is 0.494 e. The molecular weight excluding hydrogens is 320 g/mol. The summed E-state index contributed by atoms with van der Waals surface area (Å²) in [5, 5.41) is 17.4. The Morgan fingerprint density at radius 2 is 2.19 bits per heavy atom. The third-order valence-corrected chi connectivity index (χ3v) is 4.19. The van der Waals surface area contributed by atoms with Gasteiger partial charge in [-0.05, 0) is 18.6 Å². The molecule has 0 bridgehead atoms. The molecule has 0 spiro atoms. The molecule has 0 aliphatic rings. The van der Waals surface area contributed by atoms with Gasteiger partial charge in [-0.25, -0.2) is 17.9 Å². The lowest BCUT2D eigenvalue weighted by Crippen LogP contribution is -2.25.